The van der Waals surface area contributed by atoms with Crippen LogP contribution in [0.4, 0.5) is 0 Å². The highest BCUT2D eigenvalue weighted by atomic mass is 79.9. The lowest BCUT2D eigenvalue weighted by Crippen LogP contribution is -2.37. The molecular weight excluding hydrogens is 408 g/mol. The van der Waals surface area contributed by atoms with E-state index in [1.807, 2.05) is 25.1 Å². The van der Waals surface area contributed by atoms with Crippen LogP contribution in [-0.4, -0.2) is 18.4 Å². The number of fused-ring (bicyclic) bond motifs is 1. The van der Waals surface area contributed by atoms with Crippen molar-refractivity contribution in [2.75, 3.05) is 6.54 Å². The molecule has 1 heterocycles. The molecule has 6 heteroatoms. The number of aryl methyl sites for hydroxylation is 1. The van der Waals surface area contributed by atoms with E-state index in [1.54, 1.807) is 12.1 Å². The third-order valence-electron chi connectivity index (χ3n) is 4.82. The van der Waals surface area contributed by atoms with E-state index in [-0.39, 0.29) is 29.7 Å². The fraction of sp³-hybridized carbons (Fsp3) is 0.429. The molecule has 1 aromatic heterocycles. The van der Waals surface area contributed by atoms with Gasteiger partial charge in [0, 0.05) is 35.0 Å². The van der Waals surface area contributed by atoms with Crippen LogP contribution in [0, 0.1) is 12.3 Å². The molecule has 0 spiro atoms. The molecule has 1 aliphatic carbocycles. The lowest BCUT2D eigenvalue weighted by Gasteiger charge is -2.34. The average Bonchev–Trinajstić information content (AvgIpc) is 2.94. The number of carbonyl (C=O) groups is 2. The third kappa shape index (κ3) is 5.01. The molecule has 0 fully saturated rings. The van der Waals surface area contributed by atoms with Gasteiger partial charge in [-0.3, -0.25) is 9.59 Å². The lowest BCUT2D eigenvalue weighted by molar-refractivity contribution is -0.122. The zero-order valence-corrected chi connectivity index (χ0v) is 17.5. The molecular formula is C21H25BrN2O3. The van der Waals surface area contributed by atoms with Crippen LogP contribution in [0.25, 0.3) is 0 Å². The number of hydrogen-bond acceptors (Lipinski definition) is 3. The Balaban J connectivity index is 1.53. The van der Waals surface area contributed by atoms with Crippen molar-refractivity contribution in [1.82, 2.24) is 10.6 Å². The molecule has 27 heavy (non-hydrogen) atoms. The number of amides is 2. The highest BCUT2D eigenvalue weighted by molar-refractivity contribution is 9.10. The summed E-state index contributed by atoms with van der Waals surface area (Å²) in [5, 5.41) is 5.90. The second-order valence-electron chi connectivity index (χ2n) is 7.91. The van der Waals surface area contributed by atoms with Crippen molar-refractivity contribution in [3.8, 4) is 0 Å². The van der Waals surface area contributed by atoms with Gasteiger partial charge in [-0.25, -0.2) is 0 Å². The fourth-order valence-corrected chi connectivity index (χ4v) is 3.84. The minimum atomic E-state index is -0.179. The normalized spacial score (nSPS) is 17.9. The van der Waals surface area contributed by atoms with E-state index >= 15 is 0 Å². The van der Waals surface area contributed by atoms with Crippen LogP contribution in [0.3, 0.4) is 0 Å². The van der Waals surface area contributed by atoms with Gasteiger partial charge < -0.3 is 15.1 Å². The Morgan fingerprint density at radius 2 is 1.96 bits per heavy atom. The summed E-state index contributed by atoms with van der Waals surface area (Å²) in [6, 6.07) is 9.09. The summed E-state index contributed by atoms with van der Waals surface area (Å²) in [4.78, 5) is 24.5. The number of hydrogen-bond donors (Lipinski definition) is 2. The average molecular weight is 433 g/mol. The number of furan rings is 1. The van der Waals surface area contributed by atoms with Crippen molar-refractivity contribution in [3.63, 3.8) is 0 Å². The van der Waals surface area contributed by atoms with Crippen LogP contribution >= 0.6 is 15.9 Å². The molecule has 1 aromatic carbocycles. The van der Waals surface area contributed by atoms with Crippen LogP contribution < -0.4 is 10.6 Å². The molecule has 2 aromatic rings. The smallest absolute Gasteiger partial charge is 0.251 e. The summed E-state index contributed by atoms with van der Waals surface area (Å²) in [6.45, 7) is 6.60. The molecule has 1 aliphatic rings. The molecule has 0 aliphatic heterocycles. The number of carbonyl (C=O) groups excluding carboxylic acids is 2. The molecule has 0 saturated heterocycles. The van der Waals surface area contributed by atoms with Gasteiger partial charge >= 0.3 is 0 Å². The molecule has 0 radical (unpaired) electrons. The van der Waals surface area contributed by atoms with Gasteiger partial charge in [-0.15, -0.1) is 0 Å². The van der Waals surface area contributed by atoms with E-state index in [9.17, 15) is 9.59 Å². The molecule has 2 amide bonds. The second kappa shape index (κ2) is 7.89. The second-order valence-corrected chi connectivity index (χ2v) is 8.83. The van der Waals surface area contributed by atoms with Gasteiger partial charge in [0.25, 0.3) is 5.91 Å². The van der Waals surface area contributed by atoms with Crippen LogP contribution in [0.5, 0.6) is 0 Å². The summed E-state index contributed by atoms with van der Waals surface area (Å²) < 4.78 is 6.73. The molecule has 1 atom stereocenters. The van der Waals surface area contributed by atoms with Gasteiger partial charge in [0.2, 0.25) is 5.91 Å². The predicted octanol–water partition coefficient (Wildman–Crippen LogP) is 4.30. The van der Waals surface area contributed by atoms with Crippen LogP contribution in [0.15, 0.2) is 39.2 Å². The Morgan fingerprint density at radius 3 is 2.67 bits per heavy atom. The van der Waals surface area contributed by atoms with Gasteiger partial charge in [0.1, 0.15) is 11.5 Å². The minimum Gasteiger partial charge on any atom is -0.466 e. The molecule has 0 bridgehead atoms. The SMILES string of the molecule is Cc1cc2c(o1)CC(C)(C)C[C@H]2NC(=O)CCNC(=O)c1ccc(Br)cc1. The van der Waals surface area contributed by atoms with E-state index in [4.69, 9.17) is 4.42 Å². The molecule has 0 unspecified atom stereocenters. The van der Waals surface area contributed by atoms with E-state index in [0.29, 0.717) is 12.1 Å². The van der Waals surface area contributed by atoms with E-state index in [0.717, 1.165) is 34.4 Å². The van der Waals surface area contributed by atoms with Crippen molar-refractivity contribution in [3.05, 3.63) is 57.5 Å². The summed E-state index contributed by atoms with van der Waals surface area (Å²) in [6.07, 6.45) is 1.99. The largest absolute Gasteiger partial charge is 0.466 e. The van der Waals surface area contributed by atoms with Gasteiger partial charge in [-0.2, -0.15) is 0 Å². The Bertz CT molecular complexity index is 840. The van der Waals surface area contributed by atoms with Gasteiger partial charge in [-0.05, 0) is 49.1 Å². The maximum Gasteiger partial charge on any atom is 0.251 e. The van der Waals surface area contributed by atoms with Crippen LogP contribution in [0.2, 0.25) is 0 Å². The Kier molecular flexibility index (Phi) is 5.75. The standard InChI is InChI=1S/C21H25BrN2O3/c1-13-10-16-17(11-21(2,3)12-18(16)27-13)24-19(25)8-9-23-20(26)14-4-6-15(22)7-5-14/h4-7,10,17H,8-9,11-12H2,1-3H3,(H,23,26)(H,24,25)/t17-/m1/s1. The van der Waals surface area contributed by atoms with Crippen molar-refractivity contribution in [1.29, 1.82) is 0 Å². The fourth-order valence-electron chi connectivity index (χ4n) is 3.57. The van der Waals surface area contributed by atoms with Gasteiger partial charge in [0.15, 0.2) is 0 Å². The summed E-state index contributed by atoms with van der Waals surface area (Å²) in [5.41, 5.74) is 1.73. The summed E-state index contributed by atoms with van der Waals surface area (Å²) in [7, 11) is 0. The minimum absolute atomic E-state index is 0.0455. The molecule has 2 N–H and O–H groups in total. The molecule has 5 nitrogen and oxygen atoms in total. The van der Waals surface area contributed by atoms with E-state index in [1.165, 1.54) is 0 Å². The Hall–Kier alpha value is -2.08. The zero-order valence-electron chi connectivity index (χ0n) is 15.9. The molecule has 0 saturated carbocycles. The summed E-state index contributed by atoms with van der Waals surface area (Å²) in [5.74, 6) is 1.59. The zero-order chi connectivity index (χ0) is 19.6. The summed E-state index contributed by atoms with van der Waals surface area (Å²) >= 11 is 3.34. The first-order valence-corrected chi connectivity index (χ1v) is 9.95. The Labute approximate surface area is 168 Å². The Morgan fingerprint density at radius 1 is 1.26 bits per heavy atom. The number of benzene rings is 1. The first kappa shape index (κ1) is 19.7. The molecule has 144 valence electrons. The topological polar surface area (TPSA) is 71.3 Å². The quantitative estimate of drug-likeness (QED) is 0.739. The van der Waals surface area contributed by atoms with Crippen LogP contribution in [0.1, 0.15) is 60.2 Å². The maximum atomic E-state index is 12.4. The van der Waals surface area contributed by atoms with Crippen molar-refractivity contribution >= 4 is 27.7 Å². The van der Waals surface area contributed by atoms with Crippen LogP contribution in [-0.2, 0) is 11.2 Å². The predicted molar refractivity (Wildman–Crippen MR) is 108 cm³/mol. The number of halogens is 1. The van der Waals surface area contributed by atoms with Crippen molar-refractivity contribution < 1.29 is 14.0 Å². The van der Waals surface area contributed by atoms with E-state index in [2.05, 4.69) is 40.4 Å². The van der Waals surface area contributed by atoms with Gasteiger partial charge in [0.05, 0.1) is 6.04 Å². The third-order valence-corrected chi connectivity index (χ3v) is 5.34. The maximum absolute atomic E-state index is 12.4. The highest BCUT2D eigenvalue weighted by Gasteiger charge is 2.35. The lowest BCUT2D eigenvalue weighted by atomic mass is 9.74. The van der Waals surface area contributed by atoms with E-state index < -0.39 is 0 Å². The highest BCUT2D eigenvalue weighted by Crippen LogP contribution is 2.41. The van der Waals surface area contributed by atoms with Gasteiger partial charge in [-0.1, -0.05) is 29.8 Å². The van der Waals surface area contributed by atoms with Crippen molar-refractivity contribution in [2.45, 2.75) is 46.1 Å². The first-order chi connectivity index (χ1) is 12.7. The molecule has 3 rings (SSSR count). The first-order valence-electron chi connectivity index (χ1n) is 9.16. The number of rotatable bonds is 5. The van der Waals surface area contributed by atoms with Crippen molar-refractivity contribution in [2.24, 2.45) is 5.41 Å². The monoisotopic (exact) mass is 432 g/mol. The number of nitrogens with one attached hydrogen (secondary N) is 2.